The molecular formula is C11H18N2O3S. The lowest BCUT2D eigenvalue weighted by Gasteiger charge is -2.38. The van der Waals surface area contributed by atoms with Crippen LogP contribution in [0.15, 0.2) is 17.1 Å². The Kier molecular flexibility index (Phi) is 3.49. The topological polar surface area (TPSA) is 65.3 Å². The Hall–Kier alpha value is -0.560. The van der Waals surface area contributed by atoms with E-state index in [1.165, 1.54) is 11.8 Å². The molecule has 0 aliphatic carbocycles. The second-order valence-electron chi connectivity index (χ2n) is 4.67. The van der Waals surface area contributed by atoms with Crippen LogP contribution in [0.3, 0.4) is 0 Å². The van der Waals surface area contributed by atoms with Gasteiger partial charge in [0, 0.05) is 14.1 Å². The summed E-state index contributed by atoms with van der Waals surface area (Å²) in [7, 11) is 3.78. The lowest BCUT2D eigenvalue weighted by Crippen LogP contribution is -2.54. The molecule has 0 spiro atoms. The normalized spacial score (nSPS) is 40.8. The molecule has 17 heavy (non-hydrogen) atoms. The summed E-state index contributed by atoms with van der Waals surface area (Å²) in [6.45, 7) is 5.56. The van der Waals surface area contributed by atoms with Crippen LogP contribution in [0.25, 0.3) is 0 Å². The van der Waals surface area contributed by atoms with Gasteiger partial charge in [-0.25, -0.2) is 0 Å². The maximum Gasteiger partial charge on any atom is 0.161 e. The standard InChI is InChI=1S/C11H18N2O3S/c1-5(2)9-8(15)7(14)6-10(16-9)17-11(12-6)13(3)4/h6-10,14-15H,1H2,2-4H3/t6-,7-,8+,9-,10-/m1/s1. The van der Waals surface area contributed by atoms with Crippen LogP contribution in [0.2, 0.25) is 0 Å². The summed E-state index contributed by atoms with van der Waals surface area (Å²) in [4.78, 5) is 6.25. The van der Waals surface area contributed by atoms with Gasteiger partial charge in [-0.2, -0.15) is 0 Å². The number of aliphatic imine (C=N–C) groups is 1. The van der Waals surface area contributed by atoms with Crippen LogP contribution in [-0.4, -0.2) is 64.2 Å². The van der Waals surface area contributed by atoms with Crippen LogP contribution < -0.4 is 0 Å². The van der Waals surface area contributed by atoms with E-state index in [0.29, 0.717) is 5.57 Å². The minimum atomic E-state index is -0.959. The molecule has 1 saturated heterocycles. The maximum atomic E-state index is 10.1. The van der Waals surface area contributed by atoms with Crippen molar-refractivity contribution >= 4 is 16.9 Å². The van der Waals surface area contributed by atoms with E-state index in [9.17, 15) is 10.2 Å². The molecule has 5 atom stereocenters. The second kappa shape index (κ2) is 4.61. The predicted molar refractivity (Wildman–Crippen MR) is 68.0 cm³/mol. The number of thioether (sulfide) groups is 1. The Labute approximate surface area is 105 Å². The van der Waals surface area contributed by atoms with E-state index in [4.69, 9.17) is 4.74 Å². The molecular weight excluding hydrogens is 240 g/mol. The molecule has 2 aliphatic heterocycles. The van der Waals surface area contributed by atoms with Crippen LogP contribution in [0.1, 0.15) is 6.92 Å². The molecule has 0 bridgehead atoms. The molecule has 96 valence electrons. The number of aliphatic hydroxyl groups excluding tert-OH is 2. The van der Waals surface area contributed by atoms with E-state index in [0.717, 1.165) is 5.17 Å². The van der Waals surface area contributed by atoms with Crippen molar-refractivity contribution in [2.24, 2.45) is 4.99 Å². The summed E-state index contributed by atoms with van der Waals surface area (Å²) in [6.07, 6.45) is -2.38. The van der Waals surface area contributed by atoms with Crippen LogP contribution in [0.4, 0.5) is 0 Å². The highest BCUT2D eigenvalue weighted by molar-refractivity contribution is 8.14. The van der Waals surface area contributed by atoms with E-state index < -0.39 is 24.4 Å². The first-order valence-corrected chi connectivity index (χ1v) is 6.38. The molecule has 0 aromatic heterocycles. The van der Waals surface area contributed by atoms with Gasteiger partial charge in [0.1, 0.15) is 29.8 Å². The highest BCUT2D eigenvalue weighted by atomic mass is 32.2. The molecule has 0 saturated carbocycles. The molecule has 1 fully saturated rings. The number of ether oxygens (including phenoxy) is 1. The Bertz CT molecular complexity index is 359. The van der Waals surface area contributed by atoms with E-state index >= 15 is 0 Å². The van der Waals surface area contributed by atoms with Crippen molar-refractivity contribution < 1.29 is 14.9 Å². The molecule has 0 aromatic rings. The Morgan fingerprint density at radius 2 is 2.06 bits per heavy atom. The molecule has 6 heteroatoms. The zero-order chi connectivity index (χ0) is 12.7. The van der Waals surface area contributed by atoms with Gasteiger partial charge in [-0.05, 0) is 12.5 Å². The number of aliphatic hydroxyl groups is 2. The lowest BCUT2D eigenvalue weighted by atomic mass is 9.95. The van der Waals surface area contributed by atoms with Gasteiger partial charge in [0.25, 0.3) is 0 Å². The fourth-order valence-corrected chi connectivity index (χ4v) is 3.11. The molecule has 2 heterocycles. The number of amidine groups is 1. The van der Waals surface area contributed by atoms with Gasteiger partial charge in [0.05, 0.1) is 0 Å². The van der Waals surface area contributed by atoms with Crippen molar-refractivity contribution in [3.63, 3.8) is 0 Å². The van der Waals surface area contributed by atoms with Gasteiger partial charge < -0.3 is 19.8 Å². The summed E-state index contributed by atoms with van der Waals surface area (Å²) in [5, 5.41) is 20.8. The van der Waals surface area contributed by atoms with Gasteiger partial charge in [0.2, 0.25) is 0 Å². The van der Waals surface area contributed by atoms with E-state index in [1.807, 2.05) is 19.0 Å². The molecule has 0 amide bonds. The minimum absolute atomic E-state index is 0.243. The monoisotopic (exact) mass is 258 g/mol. The van der Waals surface area contributed by atoms with Crippen LogP contribution in [-0.2, 0) is 4.74 Å². The van der Waals surface area contributed by atoms with Gasteiger partial charge in [-0.15, -0.1) is 0 Å². The van der Waals surface area contributed by atoms with Gasteiger partial charge in [-0.3, -0.25) is 4.99 Å². The molecule has 0 unspecified atom stereocenters. The number of hydrogen-bond donors (Lipinski definition) is 2. The zero-order valence-electron chi connectivity index (χ0n) is 10.2. The van der Waals surface area contributed by atoms with Crippen LogP contribution in [0, 0.1) is 0 Å². The van der Waals surface area contributed by atoms with E-state index in [2.05, 4.69) is 11.6 Å². The van der Waals surface area contributed by atoms with E-state index in [-0.39, 0.29) is 5.44 Å². The summed E-state index contributed by atoms with van der Waals surface area (Å²) in [5.74, 6) is 0. The highest BCUT2D eigenvalue weighted by Gasteiger charge is 2.48. The first-order valence-electron chi connectivity index (χ1n) is 5.50. The first kappa shape index (κ1) is 12.9. The Morgan fingerprint density at radius 1 is 1.41 bits per heavy atom. The fraction of sp³-hybridized carbons (Fsp3) is 0.727. The first-order chi connectivity index (χ1) is 7.91. The predicted octanol–water partition coefficient (Wildman–Crippen LogP) is 0.0422. The van der Waals surface area contributed by atoms with Gasteiger partial charge >= 0.3 is 0 Å². The van der Waals surface area contributed by atoms with Crippen molar-refractivity contribution in [1.29, 1.82) is 0 Å². The lowest BCUT2D eigenvalue weighted by molar-refractivity contribution is -0.138. The van der Waals surface area contributed by atoms with Gasteiger partial charge in [0.15, 0.2) is 5.17 Å². The third kappa shape index (κ3) is 2.22. The molecule has 5 nitrogen and oxygen atoms in total. The molecule has 0 aromatic carbocycles. The number of hydrogen-bond acceptors (Lipinski definition) is 6. The van der Waals surface area contributed by atoms with Crippen molar-refractivity contribution in [3.8, 4) is 0 Å². The SMILES string of the molecule is C=C(C)[C@H]1O[C@@H]2SC(N(C)C)=N[C@@H]2[C@@H](O)[C@@H]1O. The van der Waals surface area contributed by atoms with E-state index in [1.54, 1.807) is 6.92 Å². The minimum Gasteiger partial charge on any atom is -0.388 e. The Morgan fingerprint density at radius 3 is 2.59 bits per heavy atom. The summed E-state index contributed by atoms with van der Waals surface area (Å²) < 4.78 is 5.75. The van der Waals surface area contributed by atoms with Crippen LogP contribution >= 0.6 is 11.8 Å². The quantitative estimate of drug-likeness (QED) is 0.650. The number of rotatable bonds is 1. The molecule has 2 rings (SSSR count). The molecule has 2 N–H and O–H groups in total. The summed E-state index contributed by atoms with van der Waals surface area (Å²) >= 11 is 1.47. The summed E-state index contributed by atoms with van der Waals surface area (Å²) in [5.41, 5.74) is 0.474. The number of nitrogens with zero attached hydrogens (tertiary/aromatic N) is 2. The highest BCUT2D eigenvalue weighted by Crippen LogP contribution is 2.38. The molecule has 2 aliphatic rings. The number of fused-ring (bicyclic) bond motifs is 1. The average Bonchev–Trinajstić information content (AvgIpc) is 2.67. The zero-order valence-corrected chi connectivity index (χ0v) is 11.0. The summed E-state index contributed by atoms with van der Waals surface area (Å²) in [6, 6.07) is -0.400. The third-order valence-corrected chi connectivity index (χ3v) is 4.22. The third-order valence-electron chi connectivity index (χ3n) is 2.92. The second-order valence-corrected chi connectivity index (χ2v) is 5.73. The maximum absolute atomic E-state index is 10.1. The fourth-order valence-electron chi connectivity index (χ4n) is 1.97. The van der Waals surface area contributed by atoms with Crippen molar-refractivity contribution in [2.45, 2.75) is 36.7 Å². The van der Waals surface area contributed by atoms with Crippen LogP contribution in [0.5, 0.6) is 0 Å². The van der Waals surface area contributed by atoms with Crippen molar-refractivity contribution in [2.75, 3.05) is 14.1 Å². The van der Waals surface area contributed by atoms with Gasteiger partial charge in [-0.1, -0.05) is 18.3 Å². The average molecular weight is 258 g/mol. The van der Waals surface area contributed by atoms with Crippen molar-refractivity contribution in [3.05, 3.63) is 12.2 Å². The largest absolute Gasteiger partial charge is 0.388 e. The molecule has 0 radical (unpaired) electrons. The Balaban J connectivity index is 2.18. The van der Waals surface area contributed by atoms with Crippen molar-refractivity contribution in [1.82, 2.24) is 4.90 Å². The smallest absolute Gasteiger partial charge is 0.161 e.